The van der Waals surface area contributed by atoms with Crippen molar-refractivity contribution in [2.75, 3.05) is 0 Å². The summed E-state index contributed by atoms with van der Waals surface area (Å²) in [4.78, 5) is 0. The van der Waals surface area contributed by atoms with E-state index in [0.717, 1.165) is 6.42 Å². The number of hydrogen-bond acceptors (Lipinski definition) is 0. The predicted molar refractivity (Wildman–Crippen MR) is 136 cm³/mol. The molecule has 3 aliphatic carbocycles. The molecule has 5 rings (SSSR count). The number of allylic oxidation sites excluding steroid dienone is 6. The van der Waals surface area contributed by atoms with Crippen molar-refractivity contribution in [1.29, 1.82) is 0 Å². The molecule has 0 spiro atoms. The van der Waals surface area contributed by atoms with Crippen LogP contribution in [0.25, 0.3) is 5.57 Å². The Hall–Kier alpha value is -1.47. The van der Waals surface area contributed by atoms with Gasteiger partial charge in [0.05, 0.1) is 0 Å². The summed E-state index contributed by atoms with van der Waals surface area (Å²) in [5.74, 6) is 0. The van der Waals surface area contributed by atoms with E-state index in [1.54, 1.807) is 50.1 Å². The Morgan fingerprint density at radius 2 is 1.44 bits per heavy atom. The minimum atomic E-state index is -3.00. The van der Waals surface area contributed by atoms with E-state index in [2.05, 4.69) is 86.4 Å². The van der Waals surface area contributed by atoms with Crippen molar-refractivity contribution in [3.8, 4) is 0 Å². The van der Waals surface area contributed by atoms with Gasteiger partial charge in [-0.2, -0.15) is 0 Å². The molecule has 0 saturated heterocycles. The summed E-state index contributed by atoms with van der Waals surface area (Å²) < 4.78 is 7.67. The van der Waals surface area contributed by atoms with Gasteiger partial charge < -0.3 is 0 Å². The Morgan fingerprint density at radius 1 is 0.812 bits per heavy atom. The zero-order valence-electron chi connectivity index (χ0n) is 21.1. The second kappa shape index (κ2) is 7.79. The van der Waals surface area contributed by atoms with E-state index in [9.17, 15) is 0 Å². The Balaban J connectivity index is 1.73. The first-order chi connectivity index (χ1) is 15.2. The summed E-state index contributed by atoms with van der Waals surface area (Å²) in [5, 5.41) is 0. The maximum atomic E-state index is 2.75. The molecule has 1 heteroatoms. The summed E-state index contributed by atoms with van der Waals surface area (Å²) >= 11 is -3.00. The fraction of sp³-hybridized carbons (Fsp3) is 0.419. The van der Waals surface area contributed by atoms with E-state index in [4.69, 9.17) is 0 Å². The fourth-order valence-corrected chi connectivity index (χ4v) is 23.1. The second-order valence-corrected chi connectivity index (χ2v) is 28.6. The van der Waals surface area contributed by atoms with Crippen molar-refractivity contribution in [2.45, 2.75) is 79.3 Å². The van der Waals surface area contributed by atoms with Crippen LogP contribution in [0, 0.1) is 0 Å². The molecule has 0 fully saturated rings. The molecule has 2 aromatic rings. The molecule has 0 nitrogen and oxygen atoms in total. The summed E-state index contributed by atoms with van der Waals surface area (Å²) in [5.41, 5.74) is 16.2. The van der Waals surface area contributed by atoms with Crippen molar-refractivity contribution in [1.82, 2.24) is 0 Å². The van der Waals surface area contributed by atoms with Crippen LogP contribution >= 0.6 is 0 Å². The summed E-state index contributed by atoms with van der Waals surface area (Å²) in [6, 6.07) is 16.2. The third kappa shape index (κ3) is 3.03. The Kier molecular flexibility index (Phi) is 5.44. The van der Waals surface area contributed by atoms with E-state index in [-0.39, 0.29) is 3.17 Å². The molecule has 0 radical (unpaired) electrons. The Labute approximate surface area is 199 Å². The number of hydrogen-bond donors (Lipinski definition) is 0. The normalized spacial score (nSPS) is 19.8. The predicted octanol–water partition coefficient (Wildman–Crippen LogP) is 8.80. The number of rotatable bonds is 4. The molecule has 0 N–H and O–H groups in total. The first kappa shape index (κ1) is 22.3. The van der Waals surface area contributed by atoms with Crippen LogP contribution in [0.1, 0.15) is 68.9 Å². The van der Waals surface area contributed by atoms with Crippen molar-refractivity contribution in [3.05, 3.63) is 95.9 Å². The molecule has 0 heterocycles. The van der Waals surface area contributed by atoms with E-state index in [1.807, 2.05) is 3.33 Å². The third-order valence-electron chi connectivity index (χ3n) is 9.82. The Bertz CT molecular complexity index is 1180. The SMILES string of the molecule is CC1=C(C)[C](C)([Hf]([CH3])([CH3])[C]2=C(Cc3ccccc3)c3c(ccc4c3CCC4)C2)C(C)=C1C. The molecule has 32 heavy (non-hydrogen) atoms. The van der Waals surface area contributed by atoms with Crippen LogP contribution in [0.4, 0.5) is 0 Å². The van der Waals surface area contributed by atoms with Crippen LogP contribution in [0.3, 0.4) is 0 Å². The zero-order chi connectivity index (χ0) is 22.8. The number of fused-ring (bicyclic) bond motifs is 3. The summed E-state index contributed by atoms with van der Waals surface area (Å²) in [6.07, 6.45) is 6.17. The van der Waals surface area contributed by atoms with E-state index in [0.29, 0.717) is 0 Å². The molecular weight excluding hydrogens is 551 g/mol. The molecule has 0 bridgehead atoms. The van der Waals surface area contributed by atoms with Gasteiger partial charge in [0, 0.05) is 0 Å². The summed E-state index contributed by atoms with van der Waals surface area (Å²) in [7, 11) is 0. The van der Waals surface area contributed by atoms with Crippen LogP contribution in [0.2, 0.25) is 12.5 Å². The van der Waals surface area contributed by atoms with Gasteiger partial charge in [-0.05, 0) is 0 Å². The van der Waals surface area contributed by atoms with Crippen molar-refractivity contribution in [2.24, 2.45) is 0 Å². The van der Waals surface area contributed by atoms with Crippen LogP contribution in [0.5, 0.6) is 0 Å². The first-order valence-electron chi connectivity index (χ1n) is 12.4. The fourth-order valence-electron chi connectivity index (χ4n) is 7.11. The van der Waals surface area contributed by atoms with Gasteiger partial charge in [0.15, 0.2) is 0 Å². The molecular formula is C31H38Hf. The molecule has 0 amide bonds. The van der Waals surface area contributed by atoms with E-state index >= 15 is 0 Å². The second-order valence-electron chi connectivity index (χ2n) is 11.1. The molecule has 166 valence electrons. The van der Waals surface area contributed by atoms with Crippen LogP contribution in [-0.2, 0) is 45.7 Å². The van der Waals surface area contributed by atoms with Gasteiger partial charge in [0.2, 0.25) is 0 Å². The maximum absolute atomic E-state index is 3.00. The average Bonchev–Trinajstić information content (AvgIpc) is 3.44. The molecule has 0 aliphatic heterocycles. The minimum absolute atomic E-state index is 0.281. The number of aryl methyl sites for hydroxylation is 1. The monoisotopic (exact) mass is 590 g/mol. The quantitative estimate of drug-likeness (QED) is 0.313. The molecule has 0 saturated carbocycles. The molecule has 3 aliphatic rings. The van der Waals surface area contributed by atoms with Crippen molar-refractivity contribution >= 4 is 5.57 Å². The van der Waals surface area contributed by atoms with Gasteiger partial charge in [0.25, 0.3) is 0 Å². The van der Waals surface area contributed by atoms with Gasteiger partial charge >= 0.3 is 201 Å². The molecule has 0 atom stereocenters. The average molecular weight is 589 g/mol. The third-order valence-corrected chi connectivity index (χ3v) is 28.6. The Morgan fingerprint density at radius 3 is 2.09 bits per heavy atom. The van der Waals surface area contributed by atoms with Crippen molar-refractivity contribution in [3.63, 3.8) is 0 Å². The van der Waals surface area contributed by atoms with Crippen LogP contribution in [-0.4, -0.2) is 0 Å². The van der Waals surface area contributed by atoms with Gasteiger partial charge in [-0.3, -0.25) is 0 Å². The molecule has 2 aromatic carbocycles. The zero-order valence-corrected chi connectivity index (χ0v) is 24.7. The van der Waals surface area contributed by atoms with Gasteiger partial charge in [0.1, 0.15) is 0 Å². The van der Waals surface area contributed by atoms with Crippen LogP contribution < -0.4 is 0 Å². The van der Waals surface area contributed by atoms with E-state index < -0.39 is 20.0 Å². The number of benzene rings is 2. The van der Waals surface area contributed by atoms with E-state index in [1.165, 1.54) is 31.2 Å². The standard InChI is InChI=1S/C19H17.C10H15.2CH3.Hf/c1-2-5-14(6-3-1)13-17-12-11-16-10-9-15-7-4-8-18(15)19(16)17;1-6-7(2)9(4)10(5)8(6)3;;;/h1-3,5-6,9-10H,4,7-8,11,13H2;1-5H3;2*1H3;. The van der Waals surface area contributed by atoms with Crippen molar-refractivity contribution < 1.29 is 20.0 Å². The molecule has 0 aromatic heterocycles. The van der Waals surface area contributed by atoms with Gasteiger partial charge in [-0.25, -0.2) is 0 Å². The van der Waals surface area contributed by atoms with Gasteiger partial charge in [-0.1, -0.05) is 0 Å². The molecule has 0 unspecified atom stereocenters. The van der Waals surface area contributed by atoms with Gasteiger partial charge in [-0.15, -0.1) is 0 Å². The van der Waals surface area contributed by atoms with Crippen LogP contribution in [0.15, 0.2) is 68.1 Å². The first-order valence-corrected chi connectivity index (χ1v) is 23.2. The topological polar surface area (TPSA) is 0 Å². The summed E-state index contributed by atoms with van der Waals surface area (Å²) in [6.45, 7) is 12.2.